The van der Waals surface area contributed by atoms with Crippen LogP contribution in [0.3, 0.4) is 0 Å². The van der Waals surface area contributed by atoms with Gasteiger partial charge in [-0.3, -0.25) is 0 Å². The molecular formula is C32H46OS. The summed E-state index contributed by atoms with van der Waals surface area (Å²) in [5.41, 5.74) is 3.53. The van der Waals surface area contributed by atoms with E-state index in [1.54, 1.807) is 0 Å². The van der Waals surface area contributed by atoms with Crippen molar-refractivity contribution in [3.05, 3.63) is 71.3 Å². The van der Waals surface area contributed by atoms with Gasteiger partial charge in [0.1, 0.15) is 5.75 Å². The van der Waals surface area contributed by atoms with Crippen LogP contribution in [-0.4, -0.2) is 11.5 Å². The Morgan fingerprint density at radius 3 is 1.97 bits per heavy atom. The summed E-state index contributed by atoms with van der Waals surface area (Å²) in [6.07, 6.45) is 22.7. The monoisotopic (exact) mass is 478 g/mol. The second-order valence-electron chi connectivity index (χ2n) is 9.42. The van der Waals surface area contributed by atoms with Crippen molar-refractivity contribution in [3.8, 4) is 5.75 Å². The van der Waals surface area contributed by atoms with E-state index in [1.165, 1.54) is 76.2 Å². The van der Waals surface area contributed by atoms with Gasteiger partial charge in [-0.1, -0.05) is 152 Å². The van der Waals surface area contributed by atoms with Crippen molar-refractivity contribution in [3.63, 3.8) is 0 Å². The molecule has 0 saturated carbocycles. The number of hydrogen-bond acceptors (Lipinski definition) is 2. The molecule has 34 heavy (non-hydrogen) atoms. The summed E-state index contributed by atoms with van der Waals surface area (Å²) in [7, 11) is 0. The van der Waals surface area contributed by atoms with Crippen molar-refractivity contribution < 1.29 is 4.74 Å². The second kappa shape index (κ2) is 18.4. The van der Waals surface area contributed by atoms with Gasteiger partial charge in [0.2, 0.25) is 0 Å². The summed E-state index contributed by atoms with van der Waals surface area (Å²) >= 11 is 5.57. The van der Waals surface area contributed by atoms with Gasteiger partial charge < -0.3 is 4.74 Å². The zero-order chi connectivity index (χ0) is 24.3. The molecule has 0 aromatic heterocycles. The Kier molecular flexibility index (Phi) is 15.3. The molecular weight excluding hydrogens is 432 g/mol. The molecule has 0 aliphatic heterocycles. The minimum absolute atomic E-state index is 0.809. The zero-order valence-electron chi connectivity index (χ0n) is 21.7. The first-order valence-corrected chi connectivity index (χ1v) is 14.2. The molecule has 2 aromatic carbocycles. The molecule has 0 saturated heterocycles. The molecule has 0 fully saturated rings. The van der Waals surface area contributed by atoms with Crippen LogP contribution in [0.1, 0.15) is 114 Å². The molecule has 0 radical (unpaired) electrons. The number of unbranched alkanes of at least 4 members (excludes halogenated alkanes) is 11. The lowest BCUT2D eigenvalue weighted by Crippen LogP contribution is -2.01. The fourth-order valence-corrected chi connectivity index (χ4v) is 4.48. The van der Waals surface area contributed by atoms with Gasteiger partial charge in [-0.15, -0.1) is 0 Å². The number of benzene rings is 2. The van der Waals surface area contributed by atoms with Crippen LogP contribution in [0.5, 0.6) is 5.75 Å². The maximum absolute atomic E-state index is 6.25. The number of rotatable bonds is 19. The van der Waals surface area contributed by atoms with E-state index in [9.17, 15) is 0 Å². The maximum atomic E-state index is 6.25. The largest absolute Gasteiger partial charge is 0.493 e. The Morgan fingerprint density at radius 2 is 1.35 bits per heavy atom. The summed E-state index contributed by atoms with van der Waals surface area (Å²) < 4.78 is 6.25. The van der Waals surface area contributed by atoms with Crippen molar-refractivity contribution in [2.24, 2.45) is 0 Å². The van der Waals surface area contributed by atoms with Crippen LogP contribution < -0.4 is 4.74 Å². The third kappa shape index (κ3) is 12.0. The first-order valence-electron chi connectivity index (χ1n) is 13.8. The number of allylic oxidation sites excluding steroid dienone is 1. The highest BCUT2D eigenvalue weighted by atomic mass is 32.1. The first kappa shape index (κ1) is 28.3. The average Bonchev–Trinajstić information content (AvgIpc) is 2.87. The van der Waals surface area contributed by atoms with Gasteiger partial charge in [-0.05, 0) is 41.7 Å². The van der Waals surface area contributed by atoms with Crippen molar-refractivity contribution >= 4 is 23.2 Å². The predicted octanol–water partition coefficient (Wildman–Crippen LogP) is 10.2. The van der Waals surface area contributed by atoms with Crippen LogP contribution in [0.2, 0.25) is 0 Å². The molecule has 0 bridgehead atoms. The molecule has 0 unspecified atom stereocenters. The van der Waals surface area contributed by atoms with Gasteiger partial charge in [0, 0.05) is 4.86 Å². The summed E-state index contributed by atoms with van der Waals surface area (Å²) in [4.78, 5) is 0.859. The van der Waals surface area contributed by atoms with E-state index < -0.39 is 0 Å². The predicted molar refractivity (Wildman–Crippen MR) is 154 cm³/mol. The van der Waals surface area contributed by atoms with E-state index in [4.69, 9.17) is 17.0 Å². The van der Waals surface area contributed by atoms with E-state index in [1.807, 2.05) is 24.3 Å². The lowest BCUT2D eigenvalue weighted by molar-refractivity contribution is 0.301. The molecule has 0 N–H and O–H groups in total. The Balaban J connectivity index is 1.69. The van der Waals surface area contributed by atoms with Gasteiger partial charge in [0.05, 0.1) is 6.61 Å². The van der Waals surface area contributed by atoms with E-state index in [-0.39, 0.29) is 0 Å². The smallest absolute Gasteiger partial charge is 0.123 e. The van der Waals surface area contributed by atoms with Gasteiger partial charge in [-0.2, -0.15) is 0 Å². The summed E-state index contributed by atoms with van der Waals surface area (Å²) in [5, 5.41) is 0. The molecule has 0 aliphatic carbocycles. The van der Waals surface area contributed by atoms with E-state index >= 15 is 0 Å². The maximum Gasteiger partial charge on any atom is 0.123 e. The third-order valence-corrected chi connectivity index (χ3v) is 6.72. The van der Waals surface area contributed by atoms with Crippen molar-refractivity contribution in [2.45, 2.75) is 104 Å². The topological polar surface area (TPSA) is 9.23 Å². The highest BCUT2D eigenvalue weighted by Gasteiger charge is 2.05. The SMILES string of the molecule is CCCCCCCCCCCCCCOc1cc(C=CC(=S)c2ccccc2)ccc1CCC. The van der Waals surface area contributed by atoms with Crippen LogP contribution in [0, 0.1) is 0 Å². The van der Waals surface area contributed by atoms with Crippen LogP contribution in [-0.2, 0) is 6.42 Å². The standard InChI is InChI=1S/C32H46OS/c1-3-5-6-7-8-9-10-11-12-13-14-18-26-33-31-27-28(22-24-29(31)19-4-2)23-25-32(34)30-20-16-15-17-21-30/h15-17,20-25,27H,3-14,18-19,26H2,1-2H3. The summed E-state index contributed by atoms with van der Waals surface area (Å²) in [6.45, 7) is 5.32. The van der Waals surface area contributed by atoms with Gasteiger partial charge in [0.15, 0.2) is 0 Å². The Hall–Kier alpha value is -1.93. The van der Waals surface area contributed by atoms with Crippen LogP contribution in [0.15, 0.2) is 54.6 Å². The van der Waals surface area contributed by atoms with Crippen LogP contribution in [0.25, 0.3) is 6.08 Å². The lowest BCUT2D eigenvalue weighted by atomic mass is 10.0. The normalized spacial score (nSPS) is 11.2. The summed E-state index contributed by atoms with van der Waals surface area (Å²) in [6, 6.07) is 16.7. The number of ether oxygens (including phenoxy) is 1. The molecule has 0 heterocycles. The van der Waals surface area contributed by atoms with Crippen LogP contribution in [0.4, 0.5) is 0 Å². The summed E-state index contributed by atoms with van der Waals surface area (Å²) in [5.74, 6) is 1.04. The van der Waals surface area contributed by atoms with Crippen molar-refractivity contribution in [1.29, 1.82) is 0 Å². The molecule has 2 rings (SSSR count). The number of thiocarbonyl (C=S) groups is 1. The Bertz CT molecular complexity index is 824. The molecule has 2 heteroatoms. The minimum Gasteiger partial charge on any atom is -0.493 e. The lowest BCUT2D eigenvalue weighted by Gasteiger charge is -2.12. The highest BCUT2D eigenvalue weighted by molar-refractivity contribution is 7.81. The molecule has 0 amide bonds. The van der Waals surface area contributed by atoms with E-state index in [0.717, 1.165) is 47.6 Å². The van der Waals surface area contributed by atoms with Crippen LogP contribution >= 0.6 is 12.2 Å². The molecule has 0 aliphatic rings. The molecule has 1 nitrogen and oxygen atoms in total. The molecule has 186 valence electrons. The fourth-order valence-electron chi connectivity index (χ4n) is 4.28. The van der Waals surface area contributed by atoms with Gasteiger partial charge >= 0.3 is 0 Å². The Morgan fingerprint density at radius 1 is 0.735 bits per heavy atom. The Labute approximate surface area is 215 Å². The van der Waals surface area contributed by atoms with Gasteiger partial charge in [0.25, 0.3) is 0 Å². The van der Waals surface area contributed by atoms with E-state index in [2.05, 4.69) is 50.3 Å². The molecule has 0 spiro atoms. The zero-order valence-corrected chi connectivity index (χ0v) is 22.5. The second-order valence-corrected chi connectivity index (χ2v) is 9.86. The number of hydrogen-bond donors (Lipinski definition) is 0. The third-order valence-electron chi connectivity index (χ3n) is 6.35. The van der Waals surface area contributed by atoms with E-state index in [0.29, 0.717) is 0 Å². The molecule has 0 atom stereocenters. The van der Waals surface area contributed by atoms with Gasteiger partial charge in [-0.25, -0.2) is 0 Å². The molecule has 2 aromatic rings. The average molecular weight is 479 g/mol. The quantitative estimate of drug-likeness (QED) is 0.0859. The first-order chi connectivity index (χ1) is 16.7. The highest BCUT2D eigenvalue weighted by Crippen LogP contribution is 2.24. The fraction of sp³-hybridized carbons (Fsp3) is 0.531. The number of aryl methyl sites for hydroxylation is 1. The van der Waals surface area contributed by atoms with Crippen molar-refractivity contribution in [2.75, 3.05) is 6.61 Å². The van der Waals surface area contributed by atoms with Crippen molar-refractivity contribution in [1.82, 2.24) is 0 Å². The minimum atomic E-state index is 0.809.